The number of primary amides is 1. The van der Waals surface area contributed by atoms with Crippen molar-refractivity contribution in [1.29, 1.82) is 0 Å². The molecule has 1 aromatic carbocycles. The van der Waals surface area contributed by atoms with Crippen LogP contribution in [0.1, 0.15) is 33.5 Å². The zero-order valence-electron chi connectivity index (χ0n) is 11.7. The van der Waals surface area contributed by atoms with E-state index in [1.807, 2.05) is 32.9 Å². The number of alkyl halides is 1. The van der Waals surface area contributed by atoms with Gasteiger partial charge in [0.1, 0.15) is 6.42 Å². The molecule has 6 heteroatoms. The highest BCUT2D eigenvalue weighted by Gasteiger charge is 2.08. The number of amides is 1. The van der Waals surface area contributed by atoms with E-state index >= 15 is 0 Å². The molecule has 0 aromatic heterocycles. The first-order valence-electron chi connectivity index (χ1n) is 5.86. The van der Waals surface area contributed by atoms with Gasteiger partial charge in [0.15, 0.2) is 5.78 Å². The van der Waals surface area contributed by atoms with Gasteiger partial charge in [-0.05, 0) is 31.9 Å². The van der Waals surface area contributed by atoms with Gasteiger partial charge in [-0.15, -0.1) is 11.6 Å². The van der Waals surface area contributed by atoms with Gasteiger partial charge in [-0.2, -0.15) is 0 Å². The lowest BCUT2D eigenvalue weighted by atomic mass is 10.00. The number of hydrogen-bond donors (Lipinski definition) is 2. The Labute approximate surface area is 122 Å². The summed E-state index contributed by atoms with van der Waals surface area (Å²) in [4.78, 5) is 30.8. The van der Waals surface area contributed by atoms with E-state index in [2.05, 4.69) is 0 Å². The van der Waals surface area contributed by atoms with Crippen molar-refractivity contribution in [3.05, 3.63) is 34.4 Å². The van der Waals surface area contributed by atoms with E-state index in [4.69, 9.17) is 22.4 Å². The molecule has 0 spiro atoms. The van der Waals surface area contributed by atoms with Crippen molar-refractivity contribution >= 4 is 29.3 Å². The van der Waals surface area contributed by atoms with Gasteiger partial charge in [-0.25, -0.2) is 0 Å². The molecule has 1 rings (SSSR count). The lowest BCUT2D eigenvalue weighted by Crippen LogP contribution is -2.14. The molecule has 0 radical (unpaired) electrons. The fraction of sp³-hybridized carbons (Fsp3) is 0.357. The number of carboxylic acid groups (broad SMARTS) is 1. The zero-order valence-corrected chi connectivity index (χ0v) is 12.5. The van der Waals surface area contributed by atoms with Gasteiger partial charge >= 0.3 is 5.97 Å². The molecule has 0 aliphatic rings. The molecule has 1 amide bonds. The van der Waals surface area contributed by atoms with Gasteiger partial charge in [0.05, 0.1) is 5.88 Å². The van der Waals surface area contributed by atoms with Gasteiger partial charge in [-0.1, -0.05) is 17.7 Å². The highest BCUT2D eigenvalue weighted by atomic mass is 35.5. The zero-order chi connectivity index (χ0) is 15.9. The largest absolute Gasteiger partial charge is 0.481 e. The number of carbonyl (C=O) groups excluding carboxylic acids is 2. The summed E-state index contributed by atoms with van der Waals surface area (Å²) >= 11 is 4.98. The van der Waals surface area contributed by atoms with Gasteiger partial charge in [0, 0.05) is 5.56 Å². The molecule has 3 N–H and O–H groups in total. The Balaban J connectivity index is 0.000000396. The third kappa shape index (κ3) is 6.33. The highest BCUT2D eigenvalue weighted by molar-refractivity contribution is 6.28. The lowest BCUT2D eigenvalue weighted by molar-refractivity contribution is -0.139. The number of halogens is 1. The van der Waals surface area contributed by atoms with Gasteiger partial charge in [-0.3, -0.25) is 14.4 Å². The quantitative estimate of drug-likeness (QED) is 0.656. The van der Waals surface area contributed by atoms with Crippen LogP contribution in [-0.4, -0.2) is 28.6 Å². The summed E-state index contributed by atoms with van der Waals surface area (Å²) in [6.45, 7) is 5.81. The van der Waals surface area contributed by atoms with Crippen LogP contribution in [0.4, 0.5) is 0 Å². The van der Waals surface area contributed by atoms with Crippen LogP contribution < -0.4 is 5.73 Å². The minimum atomic E-state index is -1.13. The Morgan fingerprint density at radius 1 is 1.15 bits per heavy atom. The van der Waals surface area contributed by atoms with E-state index in [0.717, 1.165) is 16.7 Å². The molecule has 5 nitrogen and oxygen atoms in total. The second kappa shape index (κ2) is 8.32. The molecular weight excluding hydrogens is 282 g/mol. The summed E-state index contributed by atoms with van der Waals surface area (Å²) in [6.07, 6.45) is -0.469. The van der Waals surface area contributed by atoms with Crippen LogP contribution in [0, 0.1) is 20.8 Å². The molecule has 0 unspecified atom stereocenters. The standard InChI is InChI=1S/C10H13NO.C4H5ClO3/c1-6-4-7(2)9(10(11)12)8(3)5-6;5-2-3(6)1-4(7)8/h4-5H,1-3H3,(H2,11,12);1-2H2,(H,7,8). The average molecular weight is 300 g/mol. The van der Waals surface area contributed by atoms with Crippen molar-refractivity contribution in [2.24, 2.45) is 5.73 Å². The Morgan fingerprint density at radius 2 is 1.60 bits per heavy atom. The first kappa shape index (κ1) is 18.1. The number of aliphatic carboxylic acids is 1. The summed E-state index contributed by atoms with van der Waals surface area (Å²) in [7, 11) is 0. The van der Waals surface area contributed by atoms with Crippen molar-refractivity contribution in [2.45, 2.75) is 27.2 Å². The van der Waals surface area contributed by atoms with Crippen LogP contribution in [0.3, 0.4) is 0 Å². The van der Waals surface area contributed by atoms with Gasteiger partial charge in [0.2, 0.25) is 5.91 Å². The van der Waals surface area contributed by atoms with E-state index in [9.17, 15) is 14.4 Å². The number of benzene rings is 1. The van der Waals surface area contributed by atoms with Crippen LogP contribution in [0.2, 0.25) is 0 Å². The molecule has 20 heavy (non-hydrogen) atoms. The lowest BCUT2D eigenvalue weighted by Gasteiger charge is -2.06. The molecular formula is C14H18ClNO4. The minimum absolute atomic E-state index is 0.216. The third-order valence-electron chi connectivity index (χ3n) is 2.42. The van der Waals surface area contributed by atoms with E-state index in [1.165, 1.54) is 0 Å². The molecule has 0 aliphatic carbocycles. The number of ketones is 1. The number of carboxylic acids is 1. The van der Waals surface area contributed by atoms with Crippen molar-refractivity contribution in [3.8, 4) is 0 Å². The molecule has 0 aliphatic heterocycles. The first-order valence-corrected chi connectivity index (χ1v) is 6.39. The number of hydrogen-bond acceptors (Lipinski definition) is 3. The topological polar surface area (TPSA) is 97.5 Å². The molecule has 0 saturated carbocycles. The minimum Gasteiger partial charge on any atom is -0.481 e. The van der Waals surface area contributed by atoms with Crippen molar-refractivity contribution < 1.29 is 19.5 Å². The second-order valence-corrected chi connectivity index (χ2v) is 4.65. The molecule has 0 saturated heterocycles. The molecule has 0 bridgehead atoms. The molecule has 0 atom stereocenters. The van der Waals surface area contributed by atoms with Crippen LogP contribution in [0.15, 0.2) is 12.1 Å². The molecule has 0 fully saturated rings. The number of rotatable bonds is 4. The summed E-state index contributed by atoms with van der Waals surface area (Å²) in [5, 5.41) is 7.94. The predicted octanol–water partition coefficient (Wildman–Crippen LogP) is 1.98. The number of carbonyl (C=O) groups is 3. The highest BCUT2D eigenvalue weighted by Crippen LogP contribution is 2.15. The van der Waals surface area contributed by atoms with Gasteiger partial charge < -0.3 is 10.8 Å². The van der Waals surface area contributed by atoms with Crippen molar-refractivity contribution in [3.63, 3.8) is 0 Å². The summed E-state index contributed by atoms with van der Waals surface area (Å²) in [5.41, 5.74) is 8.96. The van der Waals surface area contributed by atoms with E-state index < -0.39 is 18.2 Å². The van der Waals surface area contributed by atoms with E-state index in [1.54, 1.807) is 0 Å². The second-order valence-electron chi connectivity index (χ2n) is 4.38. The van der Waals surface area contributed by atoms with E-state index in [-0.39, 0.29) is 11.8 Å². The molecule has 110 valence electrons. The Kier molecular flexibility index (Phi) is 7.54. The summed E-state index contributed by atoms with van der Waals surface area (Å²) in [5.74, 6) is -2.15. The maximum absolute atomic E-state index is 11.0. The maximum atomic E-state index is 11.0. The first-order chi connectivity index (χ1) is 9.18. The van der Waals surface area contributed by atoms with Crippen molar-refractivity contribution in [2.75, 3.05) is 5.88 Å². The van der Waals surface area contributed by atoms with E-state index in [0.29, 0.717) is 5.56 Å². The number of aryl methyl sites for hydroxylation is 3. The van der Waals surface area contributed by atoms with Crippen LogP contribution in [0.25, 0.3) is 0 Å². The molecule has 1 aromatic rings. The summed E-state index contributed by atoms with van der Waals surface area (Å²) in [6, 6.07) is 3.93. The van der Waals surface area contributed by atoms with Gasteiger partial charge in [0.25, 0.3) is 0 Å². The SMILES string of the molecule is Cc1cc(C)c(C(N)=O)c(C)c1.O=C(O)CC(=O)CCl. The number of Topliss-reactive ketones (excluding diaryl/α,β-unsaturated/α-hetero) is 1. The fourth-order valence-electron chi connectivity index (χ4n) is 1.78. The van der Waals surface area contributed by atoms with Crippen molar-refractivity contribution in [1.82, 2.24) is 0 Å². The fourth-order valence-corrected chi connectivity index (χ4v) is 1.88. The third-order valence-corrected chi connectivity index (χ3v) is 2.72. The normalized spacial score (nSPS) is 9.40. The smallest absolute Gasteiger partial charge is 0.310 e. The maximum Gasteiger partial charge on any atom is 0.310 e. The predicted molar refractivity (Wildman–Crippen MR) is 77.2 cm³/mol. The Hall–Kier alpha value is -1.88. The molecule has 0 heterocycles. The monoisotopic (exact) mass is 299 g/mol. The average Bonchev–Trinajstić information content (AvgIpc) is 2.26. The van der Waals surface area contributed by atoms with Crippen LogP contribution >= 0.6 is 11.6 Å². The number of nitrogens with two attached hydrogens (primary N) is 1. The van der Waals surface area contributed by atoms with Crippen LogP contribution in [-0.2, 0) is 9.59 Å². The Bertz CT molecular complexity index is 503. The Morgan fingerprint density at radius 3 is 1.85 bits per heavy atom. The summed E-state index contributed by atoms with van der Waals surface area (Å²) < 4.78 is 0. The van der Waals surface area contributed by atoms with Crippen LogP contribution in [0.5, 0.6) is 0 Å².